The molecule has 1 saturated carbocycles. The fourth-order valence-electron chi connectivity index (χ4n) is 2.72. The standard InChI is InChI=1S/C13H26N2O2/c1-4-10-5-7-11(8-6-10)15(3)9-12(14-2)13(16)17/h10-12,14H,4-9H2,1-3H3,(H,16,17). The van der Waals surface area contributed by atoms with E-state index in [1.807, 2.05) is 7.05 Å². The zero-order valence-corrected chi connectivity index (χ0v) is 11.3. The van der Waals surface area contributed by atoms with Crippen molar-refractivity contribution < 1.29 is 9.90 Å². The number of likely N-dealkylation sites (N-methyl/N-ethyl adjacent to an activating group) is 2. The van der Waals surface area contributed by atoms with Crippen LogP contribution in [0.1, 0.15) is 39.0 Å². The van der Waals surface area contributed by atoms with Gasteiger partial charge in [-0.3, -0.25) is 4.79 Å². The summed E-state index contributed by atoms with van der Waals surface area (Å²) >= 11 is 0. The highest BCUT2D eigenvalue weighted by Gasteiger charge is 2.26. The van der Waals surface area contributed by atoms with Crippen molar-refractivity contribution in [3.8, 4) is 0 Å². The van der Waals surface area contributed by atoms with Gasteiger partial charge in [0.1, 0.15) is 6.04 Å². The smallest absolute Gasteiger partial charge is 0.322 e. The van der Waals surface area contributed by atoms with E-state index < -0.39 is 12.0 Å². The van der Waals surface area contributed by atoms with Crippen molar-refractivity contribution >= 4 is 5.97 Å². The molecule has 2 N–H and O–H groups in total. The van der Waals surface area contributed by atoms with Crippen LogP contribution in [0.2, 0.25) is 0 Å². The first-order valence-corrected chi connectivity index (χ1v) is 6.68. The van der Waals surface area contributed by atoms with E-state index in [9.17, 15) is 4.79 Å². The number of rotatable bonds is 6. The Bertz CT molecular complexity index is 238. The Hall–Kier alpha value is -0.610. The van der Waals surface area contributed by atoms with Crippen LogP contribution in [0, 0.1) is 5.92 Å². The van der Waals surface area contributed by atoms with Gasteiger partial charge in [0.05, 0.1) is 0 Å². The Kier molecular flexibility index (Phi) is 5.92. The van der Waals surface area contributed by atoms with Crippen molar-refractivity contribution in [1.29, 1.82) is 0 Å². The van der Waals surface area contributed by atoms with Crippen molar-refractivity contribution in [2.75, 3.05) is 20.6 Å². The molecular weight excluding hydrogens is 216 g/mol. The average molecular weight is 242 g/mol. The van der Waals surface area contributed by atoms with Gasteiger partial charge in [0.2, 0.25) is 0 Å². The molecule has 0 aromatic heterocycles. The lowest BCUT2D eigenvalue weighted by atomic mass is 9.84. The number of hydrogen-bond donors (Lipinski definition) is 2. The molecule has 100 valence electrons. The van der Waals surface area contributed by atoms with Gasteiger partial charge in [-0.25, -0.2) is 0 Å². The van der Waals surface area contributed by atoms with E-state index in [-0.39, 0.29) is 0 Å². The van der Waals surface area contributed by atoms with Gasteiger partial charge in [0.15, 0.2) is 0 Å². The second kappa shape index (κ2) is 6.97. The number of hydrogen-bond acceptors (Lipinski definition) is 3. The molecule has 1 fully saturated rings. The lowest BCUT2D eigenvalue weighted by molar-refractivity contribution is -0.139. The van der Waals surface area contributed by atoms with Crippen molar-refractivity contribution in [3.05, 3.63) is 0 Å². The maximum Gasteiger partial charge on any atom is 0.322 e. The molecule has 0 amide bonds. The van der Waals surface area contributed by atoms with Gasteiger partial charge in [-0.15, -0.1) is 0 Å². The number of aliphatic carboxylic acids is 1. The zero-order chi connectivity index (χ0) is 12.8. The van der Waals surface area contributed by atoms with Crippen molar-refractivity contribution in [2.24, 2.45) is 5.92 Å². The fourth-order valence-corrected chi connectivity index (χ4v) is 2.72. The first-order chi connectivity index (χ1) is 8.08. The van der Waals surface area contributed by atoms with E-state index in [0.29, 0.717) is 12.6 Å². The van der Waals surface area contributed by atoms with E-state index in [0.717, 1.165) is 5.92 Å². The molecule has 0 radical (unpaired) electrons. The van der Waals surface area contributed by atoms with Crippen LogP contribution >= 0.6 is 0 Å². The third kappa shape index (κ3) is 4.28. The highest BCUT2D eigenvalue weighted by atomic mass is 16.4. The number of carboxylic acids is 1. The van der Waals surface area contributed by atoms with Gasteiger partial charge in [0.25, 0.3) is 0 Å². The van der Waals surface area contributed by atoms with E-state index in [2.05, 4.69) is 17.1 Å². The van der Waals surface area contributed by atoms with Crippen LogP contribution in [0.15, 0.2) is 0 Å². The second-order valence-electron chi connectivity index (χ2n) is 5.20. The van der Waals surface area contributed by atoms with E-state index in [4.69, 9.17) is 5.11 Å². The van der Waals surface area contributed by atoms with Gasteiger partial charge in [0, 0.05) is 12.6 Å². The average Bonchev–Trinajstić information content (AvgIpc) is 2.35. The third-order valence-electron chi connectivity index (χ3n) is 4.13. The van der Waals surface area contributed by atoms with Gasteiger partial charge in [-0.1, -0.05) is 13.3 Å². The van der Waals surface area contributed by atoms with Crippen LogP contribution in [0.3, 0.4) is 0 Å². The number of carbonyl (C=O) groups is 1. The van der Waals surface area contributed by atoms with Gasteiger partial charge in [-0.2, -0.15) is 0 Å². The topological polar surface area (TPSA) is 52.6 Å². The number of carboxylic acid groups (broad SMARTS) is 1. The van der Waals surface area contributed by atoms with E-state index in [1.54, 1.807) is 7.05 Å². The molecule has 0 bridgehead atoms. The molecule has 0 aliphatic heterocycles. The summed E-state index contributed by atoms with van der Waals surface area (Å²) in [5.74, 6) is 0.126. The lowest BCUT2D eigenvalue weighted by Gasteiger charge is -2.35. The predicted molar refractivity (Wildman–Crippen MR) is 69.2 cm³/mol. The molecule has 1 aliphatic rings. The Labute approximate surface area is 104 Å². The first kappa shape index (κ1) is 14.5. The van der Waals surface area contributed by atoms with Gasteiger partial charge < -0.3 is 15.3 Å². The van der Waals surface area contributed by atoms with Crippen molar-refractivity contribution in [2.45, 2.75) is 51.1 Å². The Morgan fingerprint density at radius 3 is 2.41 bits per heavy atom. The summed E-state index contributed by atoms with van der Waals surface area (Å²) in [6.07, 6.45) is 6.30. The molecular formula is C13H26N2O2. The number of nitrogens with zero attached hydrogens (tertiary/aromatic N) is 1. The molecule has 0 heterocycles. The molecule has 1 aliphatic carbocycles. The summed E-state index contributed by atoms with van der Waals surface area (Å²) in [5.41, 5.74) is 0. The molecule has 17 heavy (non-hydrogen) atoms. The Morgan fingerprint density at radius 1 is 1.41 bits per heavy atom. The van der Waals surface area contributed by atoms with Crippen LogP contribution in [-0.2, 0) is 4.79 Å². The summed E-state index contributed by atoms with van der Waals surface area (Å²) < 4.78 is 0. The molecule has 0 saturated heterocycles. The minimum atomic E-state index is -0.762. The van der Waals surface area contributed by atoms with Crippen molar-refractivity contribution in [3.63, 3.8) is 0 Å². The highest BCUT2D eigenvalue weighted by molar-refractivity contribution is 5.73. The molecule has 0 aromatic rings. The molecule has 0 spiro atoms. The molecule has 1 atom stereocenters. The normalized spacial score (nSPS) is 27.1. The third-order valence-corrected chi connectivity index (χ3v) is 4.13. The quantitative estimate of drug-likeness (QED) is 0.742. The predicted octanol–water partition coefficient (Wildman–Crippen LogP) is 1.56. The largest absolute Gasteiger partial charge is 0.480 e. The highest BCUT2D eigenvalue weighted by Crippen LogP contribution is 2.28. The molecule has 4 heteroatoms. The Morgan fingerprint density at radius 2 is 2.00 bits per heavy atom. The zero-order valence-electron chi connectivity index (χ0n) is 11.3. The van der Waals surface area contributed by atoms with Crippen LogP contribution in [0.5, 0.6) is 0 Å². The minimum Gasteiger partial charge on any atom is -0.480 e. The minimum absolute atomic E-state index is 0.455. The lowest BCUT2D eigenvalue weighted by Crippen LogP contribution is -2.47. The maximum atomic E-state index is 11.0. The SMILES string of the molecule is CCC1CCC(N(C)CC(NC)C(=O)O)CC1. The summed E-state index contributed by atoms with van der Waals surface area (Å²) in [6, 6.07) is 0.108. The summed E-state index contributed by atoms with van der Waals surface area (Å²) in [7, 11) is 3.75. The molecule has 4 nitrogen and oxygen atoms in total. The summed E-state index contributed by atoms with van der Waals surface area (Å²) in [5, 5.41) is 11.9. The van der Waals surface area contributed by atoms with E-state index in [1.165, 1.54) is 32.1 Å². The van der Waals surface area contributed by atoms with Gasteiger partial charge in [-0.05, 0) is 45.7 Å². The maximum absolute atomic E-state index is 11.0. The van der Waals surface area contributed by atoms with Crippen LogP contribution < -0.4 is 5.32 Å². The monoisotopic (exact) mass is 242 g/mol. The Balaban J connectivity index is 2.38. The molecule has 1 rings (SSSR count). The van der Waals surface area contributed by atoms with Crippen LogP contribution in [-0.4, -0.2) is 48.7 Å². The summed E-state index contributed by atoms with van der Waals surface area (Å²) in [4.78, 5) is 13.2. The second-order valence-corrected chi connectivity index (χ2v) is 5.20. The van der Waals surface area contributed by atoms with Crippen LogP contribution in [0.4, 0.5) is 0 Å². The van der Waals surface area contributed by atoms with Gasteiger partial charge >= 0.3 is 5.97 Å². The molecule has 1 unspecified atom stereocenters. The summed E-state index contributed by atoms with van der Waals surface area (Å²) in [6.45, 7) is 2.85. The van der Waals surface area contributed by atoms with Crippen molar-refractivity contribution in [1.82, 2.24) is 10.2 Å². The van der Waals surface area contributed by atoms with Crippen LogP contribution in [0.25, 0.3) is 0 Å². The molecule has 0 aromatic carbocycles. The fraction of sp³-hybridized carbons (Fsp3) is 0.923. The first-order valence-electron chi connectivity index (χ1n) is 6.68. The number of nitrogens with one attached hydrogen (secondary N) is 1. The van der Waals surface area contributed by atoms with E-state index >= 15 is 0 Å².